The minimum atomic E-state index is -2.06. The smallest absolute Gasteiger partial charge is 0.771 e. The maximum atomic E-state index is 9.24. The zero-order valence-electron chi connectivity index (χ0n) is 3.31. The van der Waals surface area contributed by atoms with Crippen LogP contribution in [-0.4, -0.2) is 14.0 Å². The largest absolute Gasteiger partial charge is 1.00 e. The third-order valence-electron chi connectivity index (χ3n) is 0.0891. The molecule has 0 radical (unpaired) electrons. The van der Waals surface area contributed by atoms with Gasteiger partial charge in [-0.3, -0.25) is 4.21 Å². The van der Waals surface area contributed by atoms with Crippen LogP contribution < -0.4 is 29.6 Å². The molecule has 1 atom stereocenters. The molecule has 0 saturated heterocycles. The maximum Gasteiger partial charge on any atom is 1.00 e. The van der Waals surface area contributed by atoms with Crippen LogP contribution in [0.3, 0.4) is 0 Å². The molecule has 0 aliphatic heterocycles. The monoisotopic (exact) mass is 136 g/mol. The van der Waals surface area contributed by atoms with Crippen molar-refractivity contribution in [1.29, 1.82) is 0 Å². The van der Waals surface area contributed by atoms with E-state index in [1.165, 1.54) is 0 Å². The third-order valence-corrected chi connectivity index (χ3v) is 0.802. The molecule has 0 N–H and O–H groups in total. The van der Waals surface area contributed by atoms with Crippen molar-refractivity contribution in [2.24, 2.45) is 0 Å². The Morgan fingerprint density at radius 1 is 1.83 bits per heavy atom. The van der Waals surface area contributed by atoms with E-state index in [0.29, 0.717) is 0 Å². The first kappa shape index (κ1) is 10.4. The van der Waals surface area contributed by atoms with Gasteiger partial charge in [0.15, 0.2) is 0 Å². The molecular formula is CH2ClNaO2S. The number of hydrogen-bond acceptors (Lipinski definition) is 2. The molecule has 0 amide bonds. The Kier molecular flexibility index (Phi) is 11.1. The van der Waals surface area contributed by atoms with E-state index in [1.54, 1.807) is 0 Å². The Hall–Kier alpha value is 1.40. The molecule has 0 heterocycles. The second-order valence-corrected chi connectivity index (χ2v) is 1.89. The number of hydrogen-bond donors (Lipinski definition) is 0. The minimum absolute atomic E-state index is 0. The Bertz CT molecular complexity index is 48.8. The quantitative estimate of drug-likeness (QED) is 0.220. The summed E-state index contributed by atoms with van der Waals surface area (Å²) in [5.41, 5.74) is 0. The molecule has 2 nitrogen and oxygen atoms in total. The van der Waals surface area contributed by atoms with Crippen molar-refractivity contribution in [3.63, 3.8) is 0 Å². The second kappa shape index (κ2) is 6.40. The van der Waals surface area contributed by atoms with Gasteiger partial charge in [-0.2, -0.15) is 0 Å². The summed E-state index contributed by atoms with van der Waals surface area (Å²) < 4.78 is 18.5. The summed E-state index contributed by atoms with van der Waals surface area (Å²) >= 11 is 2.67. The zero-order valence-corrected chi connectivity index (χ0v) is 6.88. The van der Waals surface area contributed by atoms with Crippen molar-refractivity contribution in [3.05, 3.63) is 0 Å². The summed E-state index contributed by atoms with van der Waals surface area (Å²) in [6.45, 7) is 0. The van der Waals surface area contributed by atoms with E-state index in [1.807, 2.05) is 0 Å². The van der Waals surface area contributed by atoms with Gasteiger partial charge in [0.05, 0.1) is 5.21 Å². The van der Waals surface area contributed by atoms with Gasteiger partial charge in [-0.05, 0) is 11.1 Å². The van der Waals surface area contributed by atoms with E-state index in [4.69, 9.17) is 11.6 Å². The van der Waals surface area contributed by atoms with Crippen molar-refractivity contribution < 1.29 is 38.3 Å². The van der Waals surface area contributed by atoms with Crippen LogP contribution in [0.4, 0.5) is 0 Å². The van der Waals surface area contributed by atoms with Crippen LogP contribution in [0, 0.1) is 0 Å². The van der Waals surface area contributed by atoms with Crippen LogP contribution in [0.2, 0.25) is 0 Å². The number of rotatable bonds is 1. The van der Waals surface area contributed by atoms with E-state index < -0.39 is 11.1 Å². The summed E-state index contributed by atoms with van der Waals surface area (Å²) in [5.74, 6) is 0. The summed E-state index contributed by atoms with van der Waals surface area (Å²) in [7, 11) is 0. The molecule has 0 aromatic heterocycles. The Balaban J connectivity index is 0. The molecule has 1 unspecified atom stereocenters. The van der Waals surface area contributed by atoms with Crippen LogP contribution in [0.5, 0.6) is 0 Å². The number of halogens is 1. The van der Waals surface area contributed by atoms with Crippen molar-refractivity contribution in [1.82, 2.24) is 0 Å². The van der Waals surface area contributed by atoms with Crippen molar-refractivity contribution in [2.75, 3.05) is 5.21 Å². The Morgan fingerprint density at radius 3 is 2.00 bits per heavy atom. The van der Waals surface area contributed by atoms with Gasteiger partial charge >= 0.3 is 29.6 Å². The molecular weight excluding hydrogens is 135 g/mol. The molecule has 0 aromatic rings. The Labute approximate surface area is 65.8 Å². The van der Waals surface area contributed by atoms with E-state index >= 15 is 0 Å². The topological polar surface area (TPSA) is 40.1 Å². The molecule has 5 heteroatoms. The fraction of sp³-hybridized carbons (Fsp3) is 1.00. The average Bonchev–Trinajstić information content (AvgIpc) is 1.38. The predicted octanol–water partition coefficient (Wildman–Crippen LogP) is -2.93. The molecule has 0 aliphatic rings. The van der Waals surface area contributed by atoms with Gasteiger partial charge < -0.3 is 4.55 Å². The normalized spacial score (nSPS) is 12.3. The SMILES string of the molecule is O=S([O-])CCl.[Na+]. The van der Waals surface area contributed by atoms with Gasteiger partial charge in [0, 0.05) is 0 Å². The summed E-state index contributed by atoms with van der Waals surface area (Å²) in [5, 5.41) is -0.306. The van der Waals surface area contributed by atoms with E-state index in [2.05, 4.69) is 0 Å². The van der Waals surface area contributed by atoms with Gasteiger partial charge in [0.25, 0.3) is 0 Å². The number of alkyl halides is 1. The summed E-state index contributed by atoms with van der Waals surface area (Å²) in [6, 6.07) is 0. The third kappa shape index (κ3) is 9.04. The molecule has 0 bridgehead atoms. The molecule has 0 fully saturated rings. The van der Waals surface area contributed by atoms with Crippen molar-refractivity contribution >= 4 is 22.7 Å². The molecule has 6 heavy (non-hydrogen) atoms. The first-order chi connectivity index (χ1) is 2.27. The summed E-state index contributed by atoms with van der Waals surface area (Å²) in [6.07, 6.45) is 0. The van der Waals surface area contributed by atoms with Crippen LogP contribution in [0.1, 0.15) is 0 Å². The molecule has 0 aromatic carbocycles. The van der Waals surface area contributed by atoms with Gasteiger partial charge in [-0.25, -0.2) is 0 Å². The van der Waals surface area contributed by atoms with Crippen LogP contribution >= 0.6 is 11.6 Å². The van der Waals surface area contributed by atoms with Crippen LogP contribution in [0.25, 0.3) is 0 Å². The molecule has 32 valence electrons. The molecule has 0 rings (SSSR count). The van der Waals surface area contributed by atoms with Crippen LogP contribution in [0.15, 0.2) is 0 Å². The van der Waals surface area contributed by atoms with Gasteiger partial charge in [-0.1, -0.05) is 0 Å². The molecule has 0 aliphatic carbocycles. The van der Waals surface area contributed by atoms with Gasteiger partial charge in [0.1, 0.15) is 0 Å². The Morgan fingerprint density at radius 2 is 2.00 bits per heavy atom. The van der Waals surface area contributed by atoms with Crippen molar-refractivity contribution in [2.45, 2.75) is 0 Å². The van der Waals surface area contributed by atoms with Crippen LogP contribution in [-0.2, 0) is 11.1 Å². The fourth-order valence-corrected chi connectivity index (χ4v) is 0. The predicted molar refractivity (Wildman–Crippen MR) is 19.6 cm³/mol. The first-order valence-electron chi connectivity index (χ1n) is 0.889. The fourth-order valence-electron chi connectivity index (χ4n) is 0. The maximum absolute atomic E-state index is 9.24. The van der Waals surface area contributed by atoms with E-state index in [-0.39, 0.29) is 34.8 Å². The minimum Gasteiger partial charge on any atom is -0.771 e. The van der Waals surface area contributed by atoms with Crippen molar-refractivity contribution in [3.8, 4) is 0 Å². The summed E-state index contributed by atoms with van der Waals surface area (Å²) in [4.78, 5) is 0. The zero-order chi connectivity index (χ0) is 4.28. The second-order valence-electron chi connectivity index (χ2n) is 0.413. The molecule has 0 saturated carbocycles. The van der Waals surface area contributed by atoms with Gasteiger partial charge in [0.2, 0.25) is 0 Å². The van der Waals surface area contributed by atoms with Gasteiger partial charge in [-0.15, -0.1) is 11.6 Å². The molecule has 0 spiro atoms. The average molecular weight is 137 g/mol. The first-order valence-corrected chi connectivity index (χ1v) is 2.67. The standard InChI is InChI=1S/CH3ClO2S.Na/c2-1-5(3)4;/h1H2,(H,3,4);/q;+1/p-1. The van der Waals surface area contributed by atoms with E-state index in [9.17, 15) is 8.76 Å². The van der Waals surface area contributed by atoms with E-state index in [0.717, 1.165) is 0 Å².